The fraction of sp³-hybridized carbons (Fsp3) is 0.250. The summed E-state index contributed by atoms with van der Waals surface area (Å²) in [6.07, 6.45) is -0.0516. The van der Waals surface area contributed by atoms with E-state index in [0.29, 0.717) is 13.2 Å². The lowest BCUT2D eigenvalue weighted by Gasteiger charge is -2.16. The van der Waals surface area contributed by atoms with Gasteiger partial charge in [-0.15, -0.1) is 0 Å². The van der Waals surface area contributed by atoms with Crippen molar-refractivity contribution in [3.8, 4) is 0 Å². The number of hydrogen-bond acceptors (Lipinski definition) is 2. The molecule has 3 heteroatoms. The Morgan fingerprint density at radius 3 is 2.26 bits per heavy atom. The van der Waals surface area contributed by atoms with Gasteiger partial charge >= 0.3 is 0 Å². The van der Waals surface area contributed by atoms with Crippen LogP contribution >= 0.6 is 15.9 Å². The van der Waals surface area contributed by atoms with Crippen molar-refractivity contribution in [3.05, 3.63) is 69.7 Å². The SMILES string of the molecule is Cc1ccc(C(CN)OCc2ccc(Br)cc2)cc1. The summed E-state index contributed by atoms with van der Waals surface area (Å²) in [5.74, 6) is 0. The maximum Gasteiger partial charge on any atom is 0.0951 e. The van der Waals surface area contributed by atoms with E-state index in [9.17, 15) is 0 Å². The first-order valence-electron chi connectivity index (χ1n) is 6.31. The number of ether oxygens (including phenoxy) is 1. The van der Waals surface area contributed by atoms with Gasteiger partial charge in [-0.3, -0.25) is 0 Å². The van der Waals surface area contributed by atoms with Gasteiger partial charge in [0.15, 0.2) is 0 Å². The van der Waals surface area contributed by atoms with E-state index in [2.05, 4.69) is 47.1 Å². The monoisotopic (exact) mass is 319 g/mol. The number of benzene rings is 2. The van der Waals surface area contributed by atoms with E-state index in [0.717, 1.165) is 15.6 Å². The normalized spacial score (nSPS) is 12.4. The lowest BCUT2D eigenvalue weighted by molar-refractivity contribution is 0.0456. The van der Waals surface area contributed by atoms with Crippen LogP contribution in [0.4, 0.5) is 0 Å². The van der Waals surface area contributed by atoms with Crippen LogP contribution in [0.25, 0.3) is 0 Å². The van der Waals surface area contributed by atoms with Gasteiger partial charge in [-0.2, -0.15) is 0 Å². The highest BCUT2D eigenvalue weighted by Gasteiger charge is 2.09. The first-order chi connectivity index (χ1) is 9.19. The van der Waals surface area contributed by atoms with Gasteiger partial charge in [0.25, 0.3) is 0 Å². The molecular formula is C16H18BrNO. The van der Waals surface area contributed by atoms with Crippen molar-refractivity contribution in [1.82, 2.24) is 0 Å². The van der Waals surface area contributed by atoms with E-state index in [1.54, 1.807) is 0 Å². The van der Waals surface area contributed by atoms with Gasteiger partial charge in [-0.25, -0.2) is 0 Å². The Hall–Kier alpha value is -1.16. The number of hydrogen-bond donors (Lipinski definition) is 1. The molecular weight excluding hydrogens is 302 g/mol. The van der Waals surface area contributed by atoms with E-state index < -0.39 is 0 Å². The molecule has 0 aliphatic heterocycles. The first-order valence-corrected chi connectivity index (χ1v) is 7.11. The molecule has 1 atom stereocenters. The van der Waals surface area contributed by atoms with Gasteiger partial charge in [-0.1, -0.05) is 57.9 Å². The summed E-state index contributed by atoms with van der Waals surface area (Å²) in [5, 5.41) is 0. The predicted octanol–water partition coefficient (Wildman–Crippen LogP) is 3.97. The zero-order valence-corrected chi connectivity index (χ0v) is 12.6. The highest BCUT2D eigenvalue weighted by atomic mass is 79.9. The van der Waals surface area contributed by atoms with Crippen LogP contribution < -0.4 is 5.73 Å². The quantitative estimate of drug-likeness (QED) is 0.904. The zero-order valence-electron chi connectivity index (χ0n) is 11.0. The Balaban J connectivity index is 1.99. The van der Waals surface area contributed by atoms with Gasteiger partial charge in [0.2, 0.25) is 0 Å². The van der Waals surface area contributed by atoms with Crippen LogP contribution in [0.1, 0.15) is 22.8 Å². The molecule has 0 heterocycles. The van der Waals surface area contributed by atoms with Crippen molar-refractivity contribution in [2.75, 3.05) is 6.54 Å². The summed E-state index contributed by atoms with van der Waals surface area (Å²) in [5.41, 5.74) is 9.32. The Bertz CT molecular complexity index is 507. The fourth-order valence-electron chi connectivity index (χ4n) is 1.86. The highest BCUT2D eigenvalue weighted by molar-refractivity contribution is 9.10. The maximum atomic E-state index is 5.90. The van der Waals surface area contributed by atoms with E-state index in [1.807, 2.05) is 24.3 Å². The van der Waals surface area contributed by atoms with E-state index in [-0.39, 0.29) is 6.10 Å². The van der Waals surface area contributed by atoms with Crippen molar-refractivity contribution in [1.29, 1.82) is 0 Å². The summed E-state index contributed by atoms with van der Waals surface area (Å²) >= 11 is 3.42. The number of nitrogens with two attached hydrogens (primary N) is 1. The molecule has 2 aromatic carbocycles. The van der Waals surface area contributed by atoms with Crippen LogP contribution in [0, 0.1) is 6.92 Å². The number of aryl methyl sites for hydroxylation is 1. The zero-order chi connectivity index (χ0) is 13.7. The standard InChI is InChI=1S/C16H18BrNO/c1-12-2-6-14(7-3-12)16(10-18)19-11-13-4-8-15(17)9-5-13/h2-9,16H,10-11,18H2,1H3. The van der Waals surface area contributed by atoms with Crippen molar-refractivity contribution >= 4 is 15.9 Å². The van der Waals surface area contributed by atoms with Crippen LogP contribution in [-0.4, -0.2) is 6.54 Å². The largest absolute Gasteiger partial charge is 0.368 e. The van der Waals surface area contributed by atoms with Crippen molar-refractivity contribution in [2.24, 2.45) is 5.73 Å². The topological polar surface area (TPSA) is 35.2 Å². The smallest absolute Gasteiger partial charge is 0.0951 e. The maximum absolute atomic E-state index is 5.90. The molecule has 0 aliphatic rings. The molecule has 0 bridgehead atoms. The lowest BCUT2D eigenvalue weighted by atomic mass is 10.1. The summed E-state index contributed by atoms with van der Waals surface area (Å²) < 4.78 is 6.98. The third-order valence-electron chi connectivity index (χ3n) is 3.03. The molecule has 100 valence electrons. The highest BCUT2D eigenvalue weighted by Crippen LogP contribution is 2.19. The van der Waals surface area contributed by atoms with Crippen molar-refractivity contribution in [3.63, 3.8) is 0 Å². The molecule has 0 amide bonds. The van der Waals surface area contributed by atoms with Gasteiger partial charge in [-0.05, 0) is 30.2 Å². The first kappa shape index (κ1) is 14.3. The molecule has 19 heavy (non-hydrogen) atoms. The minimum Gasteiger partial charge on any atom is -0.368 e. The fourth-order valence-corrected chi connectivity index (χ4v) is 2.12. The van der Waals surface area contributed by atoms with Crippen LogP contribution in [0.5, 0.6) is 0 Å². The predicted molar refractivity (Wildman–Crippen MR) is 81.9 cm³/mol. The second-order valence-electron chi connectivity index (χ2n) is 4.57. The second kappa shape index (κ2) is 6.85. The molecule has 0 saturated carbocycles. The van der Waals surface area contributed by atoms with E-state index in [4.69, 9.17) is 10.5 Å². The van der Waals surface area contributed by atoms with Gasteiger partial charge < -0.3 is 10.5 Å². The third-order valence-corrected chi connectivity index (χ3v) is 3.56. The second-order valence-corrected chi connectivity index (χ2v) is 5.49. The molecule has 1 unspecified atom stereocenters. The van der Waals surface area contributed by atoms with Gasteiger partial charge in [0, 0.05) is 11.0 Å². The lowest BCUT2D eigenvalue weighted by Crippen LogP contribution is -2.15. The van der Waals surface area contributed by atoms with Crippen LogP contribution in [0.2, 0.25) is 0 Å². The van der Waals surface area contributed by atoms with Crippen LogP contribution in [-0.2, 0) is 11.3 Å². The summed E-state index contributed by atoms with van der Waals surface area (Å²) in [6, 6.07) is 16.5. The summed E-state index contributed by atoms with van der Waals surface area (Å²) in [4.78, 5) is 0. The molecule has 0 spiro atoms. The molecule has 0 radical (unpaired) electrons. The minimum atomic E-state index is -0.0516. The average Bonchev–Trinajstić information content (AvgIpc) is 2.43. The Kier molecular flexibility index (Phi) is 5.14. The molecule has 2 aromatic rings. The molecule has 2 rings (SSSR count). The van der Waals surface area contributed by atoms with Gasteiger partial charge in [0.05, 0.1) is 12.7 Å². The molecule has 2 nitrogen and oxygen atoms in total. The number of rotatable bonds is 5. The Morgan fingerprint density at radius 2 is 1.68 bits per heavy atom. The molecule has 0 aromatic heterocycles. The van der Waals surface area contributed by atoms with E-state index >= 15 is 0 Å². The van der Waals surface area contributed by atoms with Crippen LogP contribution in [0.3, 0.4) is 0 Å². The third kappa shape index (κ3) is 4.16. The van der Waals surface area contributed by atoms with Crippen LogP contribution in [0.15, 0.2) is 53.0 Å². The summed E-state index contributed by atoms with van der Waals surface area (Å²) in [7, 11) is 0. The van der Waals surface area contributed by atoms with E-state index in [1.165, 1.54) is 5.56 Å². The molecule has 0 fully saturated rings. The van der Waals surface area contributed by atoms with Crippen molar-refractivity contribution in [2.45, 2.75) is 19.6 Å². The Labute approximate surface area is 122 Å². The molecule has 2 N–H and O–H groups in total. The molecule has 0 saturated heterocycles. The molecule has 0 aliphatic carbocycles. The Morgan fingerprint density at radius 1 is 1.05 bits per heavy atom. The van der Waals surface area contributed by atoms with Crippen molar-refractivity contribution < 1.29 is 4.74 Å². The van der Waals surface area contributed by atoms with Gasteiger partial charge in [0.1, 0.15) is 0 Å². The number of halogens is 1. The average molecular weight is 320 g/mol. The minimum absolute atomic E-state index is 0.0516. The summed E-state index contributed by atoms with van der Waals surface area (Å²) in [6.45, 7) is 3.13.